The predicted octanol–water partition coefficient (Wildman–Crippen LogP) is 4.55. The number of carbonyl (C=O) groups excluding carboxylic acids is 1. The Balaban J connectivity index is 1.63. The van der Waals surface area contributed by atoms with E-state index in [1.54, 1.807) is 11.3 Å². The monoisotopic (exact) mass is 361 g/mol. The Bertz CT molecular complexity index is 948. The number of amides is 1. The van der Waals surface area contributed by atoms with Gasteiger partial charge in [-0.2, -0.15) is 0 Å². The molecular formula is C21H19N3OS. The van der Waals surface area contributed by atoms with E-state index in [4.69, 9.17) is 0 Å². The maximum Gasteiger partial charge on any atom is 0.274 e. The van der Waals surface area contributed by atoms with Gasteiger partial charge in [-0.1, -0.05) is 60.7 Å². The molecule has 1 amide bonds. The van der Waals surface area contributed by atoms with Crippen molar-refractivity contribution < 1.29 is 4.79 Å². The second-order valence-corrected chi connectivity index (χ2v) is 7.50. The van der Waals surface area contributed by atoms with E-state index >= 15 is 0 Å². The largest absolute Gasteiger partial charge is 0.329 e. The summed E-state index contributed by atoms with van der Waals surface area (Å²) in [6.45, 7) is 3.15. The van der Waals surface area contributed by atoms with Crippen LogP contribution < -0.4 is 0 Å². The number of fused-ring (bicyclic) bond motifs is 1. The van der Waals surface area contributed by atoms with Gasteiger partial charge in [0.1, 0.15) is 5.69 Å². The maximum atomic E-state index is 13.2. The molecule has 0 bridgehead atoms. The molecule has 0 unspecified atom stereocenters. The smallest absolute Gasteiger partial charge is 0.274 e. The highest BCUT2D eigenvalue weighted by molar-refractivity contribution is 7.17. The Labute approximate surface area is 156 Å². The lowest BCUT2D eigenvalue weighted by atomic mass is 10.1. The Hall–Kier alpha value is -2.92. The minimum absolute atomic E-state index is 0.0498. The molecule has 0 spiro atoms. The quantitative estimate of drug-likeness (QED) is 0.523. The molecule has 130 valence electrons. The number of imidazole rings is 1. The molecule has 0 saturated carbocycles. The highest BCUT2D eigenvalue weighted by Gasteiger charge is 2.20. The minimum atomic E-state index is -0.0498. The molecule has 0 N–H and O–H groups in total. The van der Waals surface area contributed by atoms with E-state index < -0.39 is 0 Å². The zero-order valence-electron chi connectivity index (χ0n) is 14.5. The van der Waals surface area contributed by atoms with Crippen LogP contribution in [0, 0.1) is 6.92 Å². The number of hydrogen-bond acceptors (Lipinski definition) is 3. The first-order valence-corrected chi connectivity index (χ1v) is 9.33. The summed E-state index contributed by atoms with van der Waals surface area (Å²) >= 11 is 1.59. The average Bonchev–Trinajstić information content (AvgIpc) is 3.20. The first-order valence-electron chi connectivity index (χ1n) is 8.51. The number of thiazole rings is 1. The first-order chi connectivity index (χ1) is 12.7. The first kappa shape index (κ1) is 16.5. The van der Waals surface area contributed by atoms with Gasteiger partial charge in [0.05, 0.1) is 0 Å². The van der Waals surface area contributed by atoms with Crippen LogP contribution in [-0.2, 0) is 13.1 Å². The molecule has 0 aliphatic carbocycles. The number of aromatic nitrogens is 2. The summed E-state index contributed by atoms with van der Waals surface area (Å²) in [5, 5.41) is 0. The van der Waals surface area contributed by atoms with Gasteiger partial charge >= 0.3 is 0 Å². The van der Waals surface area contributed by atoms with Gasteiger partial charge in [0, 0.05) is 30.4 Å². The molecule has 4 nitrogen and oxygen atoms in total. The average molecular weight is 361 g/mol. The van der Waals surface area contributed by atoms with Crippen LogP contribution in [0.25, 0.3) is 4.96 Å². The topological polar surface area (TPSA) is 37.6 Å². The summed E-state index contributed by atoms with van der Waals surface area (Å²) in [6, 6.07) is 20.1. The molecule has 4 rings (SSSR count). The molecule has 26 heavy (non-hydrogen) atoms. The summed E-state index contributed by atoms with van der Waals surface area (Å²) < 4.78 is 1.93. The van der Waals surface area contributed by atoms with Gasteiger partial charge in [0.15, 0.2) is 4.96 Å². The van der Waals surface area contributed by atoms with E-state index in [1.165, 1.54) is 4.88 Å². The fourth-order valence-electron chi connectivity index (χ4n) is 2.98. The molecule has 0 radical (unpaired) electrons. The van der Waals surface area contributed by atoms with Gasteiger partial charge in [0.25, 0.3) is 5.91 Å². The third-order valence-electron chi connectivity index (χ3n) is 4.21. The lowest BCUT2D eigenvalue weighted by molar-refractivity contribution is 0.0725. The van der Waals surface area contributed by atoms with Gasteiger partial charge < -0.3 is 4.90 Å². The Morgan fingerprint density at radius 3 is 2.08 bits per heavy atom. The third kappa shape index (κ3) is 3.53. The number of hydrogen-bond donors (Lipinski definition) is 0. The van der Waals surface area contributed by atoms with Gasteiger partial charge in [0.2, 0.25) is 0 Å². The SMILES string of the molecule is Cc1cn2cc(C(=O)N(Cc3ccccc3)Cc3ccccc3)nc2s1. The van der Waals surface area contributed by atoms with Crippen molar-refractivity contribution in [2.24, 2.45) is 0 Å². The molecule has 0 aliphatic heterocycles. The maximum absolute atomic E-state index is 13.2. The van der Waals surface area contributed by atoms with E-state index in [0.29, 0.717) is 18.8 Å². The Morgan fingerprint density at radius 1 is 0.962 bits per heavy atom. The van der Waals surface area contributed by atoms with Crippen molar-refractivity contribution in [1.82, 2.24) is 14.3 Å². The van der Waals surface area contributed by atoms with Crippen LogP contribution in [0.5, 0.6) is 0 Å². The normalized spacial score (nSPS) is 11.0. The van der Waals surface area contributed by atoms with Crippen LogP contribution in [0.4, 0.5) is 0 Å². The fourth-order valence-corrected chi connectivity index (χ4v) is 3.79. The molecule has 0 fully saturated rings. The highest BCUT2D eigenvalue weighted by atomic mass is 32.1. The molecule has 2 aromatic heterocycles. The molecule has 2 aromatic carbocycles. The van der Waals surface area contributed by atoms with Crippen LogP contribution in [0.1, 0.15) is 26.5 Å². The number of rotatable bonds is 5. The van der Waals surface area contributed by atoms with Crippen LogP contribution >= 0.6 is 11.3 Å². The van der Waals surface area contributed by atoms with Crippen LogP contribution in [0.3, 0.4) is 0 Å². The van der Waals surface area contributed by atoms with Crippen molar-refractivity contribution in [3.63, 3.8) is 0 Å². The van der Waals surface area contributed by atoms with Crippen molar-refractivity contribution in [2.75, 3.05) is 0 Å². The van der Waals surface area contributed by atoms with Crippen molar-refractivity contribution in [2.45, 2.75) is 20.0 Å². The van der Waals surface area contributed by atoms with E-state index in [-0.39, 0.29) is 5.91 Å². The van der Waals surface area contributed by atoms with Crippen molar-refractivity contribution in [3.8, 4) is 0 Å². The molecule has 2 heterocycles. The zero-order chi connectivity index (χ0) is 17.9. The van der Waals surface area contributed by atoms with Crippen LogP contribution in [-0.4, -0.2) is 20.2 Å². The van der Waals surface area contributed by atoms with E-state index in [0.717, 1.165) is 16.1 Å². The summed E-state index contributed by atoms with van der Waals surface area (Å²) in [5.41, 5.74) is 2.70. The second-order valence-electron chi connectivity index (χ2n) is 6.29. The van der Waals surface area contributed by atoms with Crippen molar-refractivity contribution >= 4 is 22.2 Å². The highest BCUT2D eigenvalue weighted by Crippen LogP contribution is 2.19. The van der Waals surface area contributed by atoms with Gasteiger partial charge in [-0.05, 0) is 18.1 Å². The van der Waals surface area contributed by atoms with E-state index in [2.05, 4.69) is 4.98 Å². The second kappa shape index (κ2) is 7.14. The molecule has 4 aromatic rings. The number of benzene rings is 2. The minimum Gasteiger partial charge on any atom is -0.329 e. The summed E-state index contributed by atoms with van der Waals surface area (Å²) in [4.78, 5) is 21.6. The van der Waals surface area contributed by atoms with Gasteiger partial charge in [-0.3, -0.25) is 9.20 Å². The predicted molar refractivity (Wildman–Crippen MR) is 104 cm³/mol. The van der Waals surface area contributed by atoms with Crippen molar-refractivity contribution in [3.05, 3.63) is 94.8 Å². The van der Waals surface area contributed by atoms with Gasteiger partial charge in [-0.25, -0.2) is 4.98 Å². The van der Waals surface area contributed by atoms with E-state index in [1.807, 2.05) is 89.3 Å². The zero-order valence-corrected chi connectivity index (χ0v) is 15.3. The summed E-state index contributed by atoms with van der Waals surface area (Å²) in [5.74, 6) is -0.0498. The number of nitrogens with zero attached hydrogens (tertiary/aromatic N) is 3. The number of carbonyl (C=O) groups is 1. The van der Waals surface area contributed by atoms with Crippen LogP contribution in [0.2, 0.25) is 0 Å². The Morgan fingerprint density at radius 2 is 1.54 bits per heavy atom. The summed E-state index contributed by atoms with van der Waals surface area (Å²) in [7, 11) is 0. The lowest BCUT2D eigenvalue weighted by Gasteiger charge is -2.22. The van der Waals surface area contributed by atoms with E-state index in [9.17, 15) is 4.79 Å². The molecule has 0 saturated heterocycles. The summed E-state index contributed by atoms with van der Waals surface area (Å²) in [6.07, 6.45) is 3.83. The molecular weight excluding hydrogens is 342 g/mol. The third-order valence-corrected chi connectivity index (χ3v) is 5.12. The fraction of sp³-hybridized carbons (Fsp3) is 0.143. The molecule has 0 aliphatic rings. The van der Waals surface area contributed by atoms with Crippen molar-refractivity contribution in [1.29, 1.82) is 0 Å². The number of aryl methyl sites for hydroxylation is 1. The Kier molecular flexibility index (Phi) is 4.54. The lowest BCUT2D eigenvalue weighted by Crippen LogP contribution is -2.30. The molecule has 0 atom stereocenters. The van der Waals surface area contributed by atoms with Gasteiger partial charge in [-0.15, -0.1) is 11.3 Å². The molecule has 5 heteroatoms. The van der Waals surface area contributed by atoms with Crippen LogP contribution in [0.15, 0.2) is 73.1 Å². The standard InChI is InChI=1S/C21H19N3OS/c1-16-12-24-15-19(22-21(24)26-16)20(25)23(13-17-8-4-2-5-9-17)14-18-10-6-3-7-11-18/h2-12,15H,13-14H2,1H3.